The summed E-state index contributed by atoms with van der Waals surface area (Å²) in [6.45, 7) is 1.21. The van der Waals surface area contributed by atoms with Crippen molar-refractivity contribution in [2.45, 2.75) is 38.3 Å². The predicted octanol–water partition coefficient (Wildman–Crippen LogP) is 1.57. The van der Waals surface area contributed by atoms with Gasteiger partial charge in [-0.1, -0.05) is 6.07 Å². The van der Waals surface area contributed by atoms with E-state index in [-0.39, 0.29) is 13.2 Å². The zero-order valence-electron chi connectivity index (χ0n) is 11.6. The molecule has 0 radical (unpaired) electrons. The van der Waals surface area contributed by atoms with Gasteiger partial charge in [0, 0.05) is 25.4 Å². The highest BCUT2D eigenvalue weighted by Gasteiger charge is 2.28. The molecule has 3 rings (SSSR count). The van der Waals surface area contributed by atoms with Crippen LogP contribution in [0, 0.1) is 0 Å². The van der Waals surface area contributed by atoms with Gasteiger partial charge in [0.25, 0.3) is 0 Å². The highest BCUT2D eigenvalue weighted by Crippen LogP contribution is 2.30. The van der Waals surface area contributed by atoms with Crippen molar-refractivity contribution >= 4 is 11.5 Å². The Bertz CT molecular complexity index is 582. The zero-order valence-corrected chi connectivity index (χ0v) is 11.6. The van der Waals surface area contributed by atoms with Gasteiger partial charge in [-0.3, -0.25) is 4.40 Å². The standard InChI is InChI=1S/C15H21N3O2/c19-10-4-6-12-5-3-9-17(12)15-13(11-20)18-8-2-1-7-14(18)16-15/h1-2,7-8,12,19-20H,3-6,9-11H2. The summed E-state index contributed by atoms with van der Waals surface area (Å²) in [4.78, 5) is 6.99. The third-order valence-corrected chi connectivity index (χ3v) is 4.10. The number of nitrogens with zero attached hydrogens (tertiary/aromatic N) is 3. The third-order valence-electron chi connectivity index (χ3n) is 4.10. The minimum atomic E-state index is -0.0102. The van der Waals surface area contributed by atoms with Crippen molar-refractivity contribution in [3.8, 4) is 0 Å². The van der Waals surface area contributed by atoms with Crippen molar-refractivity contribution in [3.05, 3.63) is 30.1 Å². The van der Waals surface area contributed by atoms with Gasteiger partial charge in [0.1, 0.15) is 5.65 Å². The Morgan fingerprint density at radius 2 is 2.20 bits per heavy atom. The first kappa shape index (κ1) is 13.4. The van der Waals surface area contributed by atoms with Gasteiger partial charge < -0.3 is 15.1 Å². The van der Waals surface area contributed by atoms with E-state index in [4.69, 9.17) is 10.1 Å². The van der Waals surface area contributed by atoms with E-state index >= 15 is 0 Å². The number of imidazole rings is 1. The largest absolute Gasteiger partial charge is 0.396 e. The van der Waals surface area contributed by atoms with Crippen LogP contribution in [0.1, 0.15) is 31.4 Å². The van der Waals surface area contributed by atoms with E-state index in [1.165, 1.54) is 0 Å². The Hall–Kier alpha value is -1.59. The maximum atomic E-state index is 9.70. The van der Waals surface area contributed by atoms with Crippen LogP contribution in [0.15, 0.2) is 24.4 Å². The molecular weight excluding hydrogens is 254 g/mol. The first-order valence-electron chi connectivity index (χ1n) is 7.29. The minimum absolute atomic E-state index is 0.0102. The molecule has 1 saturated heterocycles. The van der Waals surface area contributed by atoms with Gasteiger partial charge in [-0.2, -0.15) is 0 Å². The number of pyridine rings is 1. The molecule has 0 aliphatic carbocycles. The van der Waals surface area contributed by atoms with E-state index < -0.39 is 0 Å². The smallest absolute Gasteiger partial charge is 0.153 e. The molecule has 2 aromatic heterocycles. The van der Waals surface area contributed by atoms with Crippen LogP contribution in [-0.4, -0.2) is 38.8 Å². The third kappa shape index (κ3) is 2.27. The second-order valence-corrected chi connectivity index (χ2v) is 5.32. The molecule has 0 saturated carbocycles. The molecule has 0 bridgehead atoms. The van der Waals surface area contributed by atoms with Crippen molar-refractivity contribution in [2.75, 3.05) is 18.1 Å². The number of rotatable bonds is 5. The van der Waals surface area contributed by atoms with Crippen molar-refractivity contribution in [3.63, 3.8) is 0 Å². The molecule has 1 unspecified atom stereocenters. The predicted molar refractivity (Wildman–Crippen MR) is 77.8 cm³/mol. The number of aliphatic hydroxyl groups is 2. The van der Waals surface area contributed by atoms with E-state index in [0.717, 1.165) is 49.4 Å². The molecule has 5 heteroatoms. The number of hydrogen-bond acceptors (Lipinski definition) is 4. The van der Waals surface area contributed by atoms with Gasteiger partial charge in [0.15, 0.2) is 5.82 Å². The SMILES string of the molecule is OCCCC1CCCN1c1nc2ccccn2c1CO. The average Bonchev–Trinajstić information content (AvgIpc) is 3.08. The van der Waals surface area contributed by atoms with Gasteiger partial charge in [0.2, 0.25) is 0 Å². The molecule has 1 aliphatic rings. The quantitative estimate of drug-likeness (QED) is 0.869. The Balaban J connectivity index is 1.96. The fourth-order valence-electron chi connectivity index (χ4n) is 3.15. The second kappa shape index (κ2) is 5.81. The fraction of sp³-hybridized carbons (Fsp3) is 0.533. The lowest BCUT2D eigenvalue weighted by Crippen LogP contribution is -2.30. The molecule has 0 aromatic carbocycles. The normalized spacial score (nSPS) is 19.1. The lowest BCUT2D eigenvalue weighted by Gasteiger charge is -2.25. The van der Waals surface area contributed by atoms with Gasteiger partial charge in [-0.25, -0.2) is 4.98 Å². The minimum Gasteiger partial charge on any atom is -0.396 e. The van der Waals surface area contributed by atoms with Crippen molar-refractivity contribution in [2.24, 2.45) is 0 Å². The second-order valence-electron chi connectivity index (χ2n) is 5.32. The summed E-state index contributed by atoms with van der Waals surface area (Å²) in [6, 6.07) is 6.30. The average molecular weight is 275 g/mol. The van der Waals surface area contributed by atoms with Crippen LogP contribution in [0.4, 0.5) is 5.82 Å². The van der Waals surface area contributed by atoms with Crippen LogP contribution in [0.25, 0.3) is 5.65 Å². The van der Waals surface area contributed by atoms with Crippen LogP contribution in [0.2, 0.25) is 0 Å². The number of fused-ring (bicyclic) bond motifs is 1. The van der Waals surface area contributed by atoms with Crippen LogP contribution in [-0.2, 0) is 6.61 Å². The van der Waals surface area contributed by atoms with E-state index in [1.807, 2.05) is 28.8 Å². The Labute approximate surface area is 118 Å². The molecule has 2 N–H and O–H groups in total. The lowest BCUT2D eigenvalue weighted by molar-refractivity contribution is 0.274. The van der Waals surface area contributed by atoms with E-state index in [1.54, 1.807) is 0 Å². The van der Waals surface area contributed by atoms with Crippen molar-refractivity contribution < 1.29 is 10.2 Å². The topological polar surface area (TPSA) is 61.0 Å². The number of aromatic nitrogens is 2. The number of anilines is 1. The van der Waals surface area contributed by atoms with Gasteiger partial charge in [0.05, 0.1) is 12.3 Å². The molecule has 1 aliphatic heterocycles. The first-order chi connectivity index (χ1) is 9.85. The van der Waals surface area contributed by atoms with Gasteiger partial charge >= 0.3 is 0 Å². The van der Waals surface area contributed by atoms with E-state index in [2.05, 4.69) is 4.90 Å². The number of hydrogen-bond donors (Lipinski definition) is 2. The summed E-state index contributed by atoms with van der Waals surface area (Å²) in [7, 11) is 0. The number of aliphatic hydroxyl groups excluding tert-OH is 2. The van der Waals surface area contributed by atoms with Crippen LogP contribution < -0.4 is 4.90 Å². The molecule has 0 amide bonds. The highest BCUT2D eigenvalue weighted by atomic mass is 16.3. The molecule has 20 heavy (non-hydrogen) atoms. The van der Waals surface area contributed by atoms with Crippen LogP contribution in [0.5, 0.6) is 0 Å². The van der Waals surface area contributed by atoms with Crippen LogP contribution >= 0.6 is 0 Å². The Morgan fingerprint density at radius 1 is 1.30 bits per heavy atom. The molecule has 0 spiro atoms. The van der Waals surface area contributed by atoms with Gasteiger partial charge in [-0.05, 0) is 37.8 Å². The molecule has 2 aromatic rings. The lowest BCUT2D eigenvalue weighted by atomic mass is 10.1. The molecule has 3 heterocycles. The summed E-state index contributed by atoms with van der Waals surface area (Å²) in [5.41, 5.74) is 1.73. The van der Waals surface area contributed by atoms with E-state index in [0.29, 0.717) is 6.04 Å². The molecule has 108 valence electrons. The summed E-state index contributed by atoms with van der Waals surface area (Å²) >= 11 is 0. The molecular formula is C15H21N3O2. The summed E-state index contributed by atoms with van der Waals surface area (Å²) in [5, 5.41) is 18.7. The first-order valence-corrected chi connectivity index (χ1v) is 7.29. The summed E-state index contributed by atoms with van der Waals surface area (Å²) < 4.78 is 1.96. The fourth-order valence-corrected chi connectivity index (χ4v) is 3.15. The zero-order chi connectivity index (χ0) is 13.9. The highest BCUT2D eigenvalue weighted by molar-refractivity contribution is 5.56. The molecule has 1 fully saturated rings. The van der Waals surface area contributed by atoms with Crippen LogP contribution in [0.3, 0.4) is 0 Å². The monoisotopic (exact) mass is 275 g/mol. The molecule has 5 nitrogen and oxygen atoms in total. The van der Waals surface area contributed by atoms with Crippen molar-refractivity contribution in [1.29, 1.82) is 0 Å². The Morgan fingerprint density at radius 3 is 3.00 bits per heavy atom. The van der Waals surface area contributed by atoms with E-state index in [9.17, 15) is 5.11 Å². The maximum Gasteiger partial charge on any atom is 0.153 e. The van der Waals surface area contributed by atoms with Crippen molar-refractivity contribution in [1.82, 2.24) is 9.38 Å². The Kier molecular flexibility index (Phi) is 3.89. The summed E-state index contributed by atoms with van der Waals surface area (Å²) in [6.07, 6.45) is 6.03. The maximum absolute atomic E-state index is 9.70. The van der Waals surface area contributed by atoms with Gasteiger partial charge in [-0.15, -0.1) is 0 Å². The molecule has 1 atom stereocenters. The summed E-state index contributed by atoms with van der Waals surface area (Å²) in [5.74, 6) is 0.902.